The van der Waals surface area contributed by atoms with E-state index in [4.69, 9.17) is 0 Å². The van der Waals surface area contributed by atoms with Gasteiger partial charge in [0.25, 0.3) is 0 Å². The largest absolute Gasteiger partial charge is 0.309 e. The van der Waals surface area contributed by atoms with Crippen molar-refractivity contribution in [2.75, 3.05) is 24.5 Å². The van der Waals surface area contributed by atoms with Crippen LogP contribution < -0.4 is 4.90 Å². The molecule has 0 bridgehead atoms. The average molecular weight is 323 g/mol. The summed E-state index contributed by atoms with van der Waals surface area (Å²) in [6, 6.07) is 5.99. The predicted molar refractivity (Wildman–Crippen MR) is 90.2 cm³/mol. The van der Waals surface area contributed by atoms with Gasteiger partial charge in [-0.25, -0.2) is 9.97 Å². The number of anilines is 1. The summed E-state index contributed by atoms with van der Waals surface area (Å²) in [6.45, 7) is 3.40. The Labute approximate surface area is 141 Å². The van der Waals surface area contributed by atoms with Gasteiger partial charge in [-0.1, -0.05) is 6.07 Å². The molecule has 24 heavy (non-hydrogen) atoms. The molecule has 2 aliphatic rings. The molecular formula is C18H21N5O. The van der Waals surface area contributed by atoms with Crippen molar-refractivity contribution >= 4 is 11.6 Å². The van der Waals surface area contributed by atoms with E-state index < -0.39 is 0 Å². The average Bonchev–Trinajstić information content (AvgIpc) is 2.93. The fourth-order valence-corrected chi connectivity index (χ4v) is 3.96. The molecule has 1 amide bonds. The van der Waals surface area contributed by atoms with Crippen LogP contribution in [-0.4, -0.2) is 45.4 Å². The van der Waals surface area contributed by atoms with E-state index in [0.717, 1.165) is 56.8 Å². The minimum absolute atomic E-state index is 0.225. The smallest absolute Gasteiger partial charge is 0.234 e. The van der Waals surface area contributed by atoms with Crippen LogP contribution in [0.2, 0.25) is 0 Å². The number of amides is 1. The van der Waals surface area contributed by atoms with E-state index in [2.05, 4.69) is 19.9 Å². The van der Waals surface area contributed by atoms with Gasteiger partial charge < -0.3 is 4.90 Å². The number of pyridine rings is 1. The second-order valence-corrected chi connectivity index (χ2v) is 6.72. The number of rotatable bonds is 3. The monoisotopic (exact) mass is 323 g/mol. The summed E-state index contributed by atoms with van der Waals surface area (Å²) in [5.41, 5.74) is 1.61. The van der Waals surface area contributed by atoms with Crippen molar-refractivity contribution in [2.24, 2.45) is 5.41 Å². The Morgan fingerprint density at radius 1 is 1.12 bits per heavy atom. The van der Waals surface area contributed by atoms with E-state index in [9.17, 15) is 4.79 Å². The quantitative estimate of drug-likeness (QED) is 0.863. The molecule has 0 aromatic carbocycles. The summed E-state index contributed by atoms with van der Waals surface area (Å²) in [7, 11) is 0. The van der Waals surface area contributed by atoms with Gasteiger partial charge in [-0.3, -0.25) is 14.7 Å². The molecule has 4 rings (SSSR count). The molecule has 0 N–H and O–H groups in total. The molecule has 0 aliphatic carbocycles. The van der Waals surface area contributed by atoms with E-state index in [-0.39, 0.29) is 11.3 Å². The van der Waals surface area contributed by atoms with Crippen molar-refractivity contribution in [1.29, 1.82) is 0 Å². The van der Waals surface area contributed by atoms with Gasteiger partial charge in [0.05, 0.1) is 29.2 Å². The van der Waals surface area contributed by atoms with Crippen LogP contribution in [0.3, 0.4) is 0 Å². The third-order valence-corrected chi connectivity index (χ3v) is 5.14. The summed E-state index contributed by atoms with van der Waals surface area (Å²) in [5, 5.41) is 0. The van der Waals surface area contributed by atoms with Gasteiger partial charge >= 0.3 is 0 Å². The fourth-order valence-electron chi connectivity index (χ4n) is 3.96. The zero-order chi connectivity index (χ0) is 16.4. The molecule has 4 heterocycles. The lowest BCUT2D eigenvalue weighted by atomic mass is 9.78. The van der Waals surface area contributed by atoms with Crippen LogP contribution in [0.25, 0.3) is 0 Å². The summed E-state index contributed by atoms with van der Waals surface area (Å²) in [5.74, 6) is 0.225. The first-order valence-electron chi connectivity index (χ1n) is 8.46. The Bertz CT molecular complexity index is 708. The first kappa shape index (κ1) is 15.2. The molecule has 124 valence electrons. The van der Waals surface area contributed by atoms with Crippen LogP contribution in [0.5, 0.6) is 0 Å². The summed E-state index contributed by atoms with van der Waals surface area (Å²) in [4.78, 5) is 29.8. The molecule has 2 aromatic rings. The van der Waals surface area contributed by atoms with Gasteiger partial charge in [-0.2, -0.15) is 0 Å². The van der Waals surface area contributed by atoms with E-state index in [1.54, 1.807) is 12.4 Å². The zero-order valence-corrected chi connectivity index (χ0v) is 13.6. The number of carbonyl (C=O) groups is 1. The maximum Gasteiger partial charge on any atom is 0.234 e. The number of likely N-dealkylation sites (tertiary alicyclic amines) is 1. The molecule has 2 fully saturated rings. The number of carbonyl (C=O) groups excluding carboxylic acids is 1. The molecule has 6 nitrogen and oxygen atoms in total. The van der Waals surface area contributed by atoms with Gasteiger partial charge in [0, 0.05) is 25.8 Å². The van der Waals surface area contributed by atoms with Crippen molar-refractivity contribution in [3.05, 3.63) is 48.8 Å². The van der Waals surface area contributed by atoms with Gasteiger partial charge in [-0.05, 0) is 37.9 Å². The number of aromatic nitrogens is 3. The summed E-state index contributed by atoms with van der Waals surface area (Å²) >= 11 is 0. The van der Waals surface area contributed by atoms with Crippen LogP contribution in [0.15, 0.2) is 43.1 Å². The third-order valence-electron chi connectivity index (χ3n) is 5.14. The lowest BCUT2D eigenvalue weighted by Gasteiger charge is -2.38. The van der Waals surface area contributed by atoms with E-state index in [1.165, 1.54) is 6.33 Å². The topological polar surface area (TPSA) is 62.2 Å². The molecule has 6 heteroatoms. The van der Waals surface area contributed by atoms with Gasteiger partial charge in [-0.15, -0.1) is 0 Å². The minimum atomic E-state index is -0.261. The second kappa shape index (κ2) is 6.28. The van der Waals surface area contributed by atoms with Crippen LogP contribution in [0, 0.1) is 5.41 Å². The molecule has 0 saturated carbocycles. The van der Waals surface area contributed by atoms with Gasteiger partial charge in [0.1, 0.15) is 6.33 Å². The molecule has 1 spiro atoms. The molecule has 0 unspecified atom stereocenters. The first-order chi connectivity index (χ1) is 11.8. The lowest BCUT2D eigenvalue weighted by Crippen LogP contribution is -2.47. The fraction of sp³-hybridized carbons (Fsp3) is 0.444. The van der Waals surface area contributed by atoms with Crippen molar-refractivity contribution in [3.8, 4) is 0 Å². The van der Waals surface area contributed by atoms with Gasteiger partial charge in [0.15, 0.2) is 0 Å². The number of hydrogen-bond donors (Lipinski definition) is 0. The van der Waals surface area contributed by atoms with E-state index in [1.807, 2.05) is 29.3 Å². The Morgan fingerprint density at radius 2 is 2.00 bits per heavy atom. The van der Waals surface area contributed by atoms with E-state index >= 15 is 0 Å². The Kier molecular flexibility index (Phi) is 3.98. The molecular weight excluding hydrogens is 302 g/mol. The Balaban J connectivity index is 1.50. The number of piperidine rings is 1. The summed E-state index contributed by atoms with van der Waals surface area (Å²) < 4.78 is 0. The molecule has 1 atom stereocenters. The van der Waals surface area contributed by atoms with Crippen molar-refractivity contribution in [3.63, 3.8) is 0 Å². The van der Waals surface area contributed by atoms with Crippen molar-refractivity contribution in [2.45, 2.75) is 25.8 Å². The maximum absolute atomic E-state index is 13.1. The SMILES string of the molecule is O=C1N(c2cncnc2)CC[C@]12CCCN(Cc1ccccn1)C2. The van der Waals surface area contributed by atoms with Crippen molar-refractivity contribution < 1.29 is 4.79 Å². The minimum Gasteiger partial charge on any atom is -0.309 e. The standard InChI is InChI=1S/C18H21N5O/c24-17-18(6-9-23(17)16-10-19-14-20-11-16)5-3-8-22(13-18)12-15-4-1-2-7-21-15/h1-2,4,7,10-11,14H,3,5-6,8-9,12-13H2/t18-/m0/s1. The predicted octanol–water partition coefficient (Wildman–Crippen LogP) is 1.89. The van der Waals surface area contributed by atoms with Gasteiger partial charge in [0.2, 0.25) is 5.91 Å². The Hall–Kier alpha value is -2.34. The highest BCUT2D eigenvalue weighted by molar-refractivity contribution is 5.99. The maximum atomic E-state index is 13.1. The highest BCUT2D eigenvalue weighted by atomic mass is 16.2. The highest BCUT2D eigenvalue weighted by Gasteiger charge is 2.49. The lowest BCUT2D eigenvalue weighted by molar-refractivity contribution is -0.128. The molecule has 0 radical (unpaired) electrons. The van der Waals surface area contributed by atoms with Crippen LogP contribution in [-0.2, 0) is 11.3 Å². The van der Waals surface area contributed by atoms with Crippen molar-refractivity contribution in [1.82, 2.24) is 19.9 Å². The first-order valence-corrected chi connectivity index (χ1v) is 8.46. The molecule has 2 aliphatic heterocycles. The number of hydrogen-bond acceptors (Lipinski definition) is 5. The van der Waals surface area contributed by atoms with Crippen LogP contribution in [0.4, 0.5) is 5.69 Å². The van der Waals surface area contributed by atoms with Crippen LogP contribution in [0.1, 0.15) is 25.0 Å². The summed E-state index contributed by atoms with van der Waals surface area (Å²) in [6.07, 6.45) is 9.69. The third kappa shape index (κ3) is 2.78. The Morgan fingerprint density at radius 3 is 2.79 bits per heavy atom. The van der Waals surface area contributed by atoms with Crippen LogP contribution >= 0.6 is 0 Å². The normalized spacial score (nSPS) is 24.7. The molecule has 2 saturated heterocycles. The molecule has 2 aromatic heterocycles. The second-order valence-electron chi connectivity index (χ2n) is 6.72. The highest BCUT2D eigenvalue weighted by Crippen LogP contribution is 2.41. The van der Waals surface area contributed by atoms with E-state index in [0.29, 0.717) is 0 Å². The number of nitrogens with zero attached hydrogens (tertiary/aromatic N) is 5. The zero-order valence-electron chi connectivity index (χ0n) is 13.6.